The fourth-order valence-corrected chi connectivity index (χ4v) is 4.54. The Kier molecular flexibility index (Phi) is 6.07. The first-order valence-corrected chi connectivity index (χ1v) is 9.55. The molecule has 2 aromatic carbocycles. The van der Waals surface area contributed by atoms with E-state index in [4.69, 9.17) is 5.11 Å². The van der Waals surface area contributed by atoms with Gasteiger partial charge in [-0.2, -0.15) is 0 Å². The summed E-state index contributed by atoms with van der Waals surface area (Å²) in [5.41, 5.74) is 3.55. The molecule has 0 amide bonds. The minimum atomic E-state index is -0.757. The van der Waals surface area contributed by atoms with Crippen molar-refractivity contribution in [3.8, 4) is 0 Å². The van der Waals surface area contributed by atoms with Crippen molar-refractivity contribution in [2.24, 2.45) is 0 Å². The third-order valence-corrected chi connectivity index (χ3v) is 6.24. The van der Waals surface area contributed by atoms with Crippen molar-refractivity contribution in [3.63, 3.8) is 0 Å². The predicted molar refractivity (Wildman–Crippen MR) is 86.8 cm³/mol. The average molecular weight is 343 g/mol. The van der Waals surface area contributed by atoms with Crippen LogP contribution in [0.15, 0.2) is 54.6 Å². The summed E-state index contributed by atoms with van der Waals surface area (Å²) in [6.07, 6.45) is 1.11. The van der Waals surface area contributed by atoms with Gasteiger partial charge in [-0.3, -0.25) is 0 Å². The molecule has 0 heterocycles. The summed E-state index contributed by atoms with van der Waals surface area (Å²) in [7, 11) is 0. The molecule has 0 bridgehead atoms. The van der Waals surface area contributed by atoms with Gasteiger partial charge in [-0.05, 0) is 0 Å². The second-order valence-corrected chi connectivity index (χ2v) is 8.50. The summed E-state index contributed by atoms with van der Waals surface area (Å²) in [6.45, 7) is 2.28. The standard InChI is InChI=1S/C18H20AsO2/c1-14(19-13-15-7-3-2-4-8-15)11-16-9-5-6-10-17(16)12-18(20)21/h2-10,14H,11-13H2,1H3,(H,20,21). The Hall–Kier alpha value is -1.53. The number of benzene rings is 2. The molecule has 0 aliphatic rings. The summed E-state index contributed by atoms with van der Waals surface area (Å²) < 4.78 is 0.636. The van der Waals surface area contributed by atoms with Crippen LogP contribution >= 0.6 is 0 Å². The number of carbonyl (C=O) groups is 1. The summed E-state index contributed by atoms with van der Waals surface area (Å²) in [5.74, 6) is -0.757. The number of carboxylic acids is 1. The minimum absolute atomic E-state index is 0.123. The summed E-state index contributed by atoms with van der Waals surface area (Å²) in [6, 6.07) is 18.5. The molecular weight excluding hydrogens is 323 g/mol. The molecule has 109 valence electrons. The molecule has 2 nitrogen and oxygen atoms in total. The van der Waals surface area contributed by atoms with Crippen molar-refractivity contribution in [2.75, 3.05) is 0 Å². The summed E-state index contributed by atoms with van der Waals surface area (Å²) >= 11 is 0.230. The zero-order chi connectivity index (χ0) is 15.1. The fraction of sp³-hybridized carbons (Fsp3) is 0.278. The summed E-state index contributed by atoms with van der Waals surface area (Å²) in [4.78, 5) is 10.9. The van der Waals surface area contributed by atoms with E-state index in [0.717, 1.165) is 12.0 Å². The molecule has 21 heavy (non-hydrogen) atoms. The number of hydrogen-bond acceptors (Lipinski definition) is 1. The molecule has 3 heteroatoms. The zero-order valence-corrected chi connectivity index (χ0v) is 14.1. The van der Waals surface area contributed by atoms with Crippen LogP contribution in [-0.4, -0.2) is 26.8 Å². The molecule has 0 fully saturated rings. The first-order chi connectivity index (χ1) is 10.1. The molecule has 1 N–H and O–H groups in total. The van der Waals surface area contributed by atoms with Gasteiger partial charge in [0.05, 0.1) is 0 Å². The molecule has 2 aromatic rings. The molecular formula is C18H20AsO2. The molecule has 0 spiro atoms. The van der Waals surface area contributed by atoms with Gasteiger partial charge < -0.3 is 0 Å². The van der Waals surface area contributed by atoms with Crippen LogP contribution < -0.4 is 0 Å². The quantitative estimate of drug-likeness (QED) is 0.781. The van der Waals surface area contributed by atoms with Crippen LogP contribution in [0.5, 0.6) is 0 Å². The molecule has 0 saturated carbocycles. The van der Waals surface area contributed by atoms with Crippen LogP contribution in [0.3, 0.4) is 0 Å². The van der Waals surface area contributed by atoms with Gasteiger partial charge in [0.15, 0.2) is 0 Å². The molecule has 1 atom stereocenters. The first kappa shape index (κ1) is 15.8. The van der Waals surface area contributed by atoms with Crippen LogP contribution in [0.1, 0.15) is 23.6 Å². The maximum absolute atomic E-state index is 10.9. The van der Waals surface area contributed by atoms with Crippen molar-refractivity contribution in [3.05, 3.63) is 71.3 Å². The Balaban J connectivity index is 1.93. The average Bonchev–Trinajstić information content (AvgIpc) is 2.48. The van der Waals surface area contributed by atoms with E-state index < -0.39 is 5.97 Å². The van der Waals surface area contributed by atoms with Crippen molar-refractivity contribution in [1.82, 2.24) is 0 Å². The number of hydrogen-bond donors (Lipinski definition) is 1. The van der Waals surface area contributed by atoms with Gasteiger partial charge in [0.25, 0.3) is 0 Å². The van der Waals surface area contributed by atoms with Gasteiger partial charge >= 0.3 is 133 Å². The van der Waals surface area contributed by atoms with Crippen molar-refractivity contribution >= 4 is 21.7 Å². The molecule has 0 aliphatic carbocycles. The predicted octanol–water partition coefficient (Wildman–Crippen LogP) is 3.57. The van der Waals surface area contributed by atoms with Crippen LogP contribution in [0.2, 0.25) is 4.71 Å². The van der Waals surface area contributed by atoms with E-state index in [1.54, 1.807) is 0 Å². The van der Waals surface area contributed by atoms with Gasteiger partial charge in [0.1, 0.15) is 0 Å². The van der Waals surface area contributed by atoms with Gasteiger partial charge in [0, 0.05) is 0 Å². The number of carboxylic acid groups (broad SMARTS) is 1. The van der Waals surface area contributed by atoms with Crippen molar-refractivity contribution in [1.29, 1.82) is 0 Å². The van der Waals surface area contributed by atoms with Gasteiger partial charge in [0.2, 0.25) is 0 Å². The topological polar surface area (TPSA) is 37.3 Å². The van der Waals surface area contributed by atoms with Gasteiger partial charge in [-0.15, -0.1) is 0 Å². The van der Waals surface area contributed by atoms with E-state index in [0.29, 0.717) is 4.71 Å². The Morgan fingerprint density at radius 2 is 1.67 bits per heavy atom. The first-order valence-electron chi connectivity index (χ1n) is 7.14. The maximum atomic E-state index is 10.9. The van der Waals surface area contributed by atoms with E-state index in [9.17, 15) is 4.79 Å². The van der Waals surface area contributed by atoms with Gasteiger partial charge in [-0.1, -0.05) is 0 Å². The molecule has 0 saturated heterocycles. The SMILES string of the molecule is CC(Cc1ccccc1CC(=O)O)[As]Cc1ccccc1. The van der Waals surface area contributed by atoms with E-state index in [1.165, 1.54) is 16.3 Å². The van der Waals surface area contributed by atoms with Gasteiger partial charge in [-0.25, -0.2) is 0 Å². The molecule has 1 radical (unpaired) electrons. The molecule has 0 aromatic heterocycles. The normalized spacial score (nSPS) is 12.6. The van der Waals surface area contributed by atoms with E-state index in [2.05, 4.69) is 37.3 Å². The Morgan fingerprint density at radius 3 is 2.33 bits per heavy atom. The summed E-state index contributed by atoms with van der Waals surface area (Å²) in [5, 5.41) is 10.1. The van der Waals surface area contributed by atoms with Crippen LogP contribution in [0.25, 0.3) is 0 Å². The van der Waals surface area contributed by atoms with E-state index in [-0.39, 0.29) is 22.2 Å². The van der Waals surface area contributed by atoms with Crippen LogP contribution in [-0.2, 0) is 22.8 Å². The molecule has 1 unspecified atom stereocenters. The Bertz CT molecular complexity index is 581. The zero-order valence-electron chi connectivity index (χ0n) is 12.2. The second kappa shape index (κ2) is 8.04. The Labute approximate surface area is 132 Å². The third kappa shape index (κ3) is 5.40. The number of aliphatic carboxylic acids is 1. The van der Waals surface area contributed by atoms with Crippen molar-refractivity contribution in [2.45, 2.75) is 29.7 Å². The van der Waals surface area contributed by atoms with E-state index >= 15 is 0 Å². The van der Waals surface area contributed by atoms with Crippen LogP contribution in [0, 0.1) is 0 Å². The third-order valence-electron chi connectivity index (χ3n) is 3.40. The fourth-order valence-electron chi connectivity index (χ4n) is 2.32. The number of rotatable bonds is 7. The molecule has 0 aliphatic heterocycles. The second-order valence-electron chi connectivity index (χ2n) is 5.22. The van der Waals surface area contributed by atoms with E-state index in [1.807, 2.05) is 24.3 Å². The monoisotopic (exact) mass is 343 g/mol. The Morgan fingerprint density at radius 1 is 1.05 bits per heavy atom. The van der Waals surface area contributed by atoms with Crippen LogP contribution in [0.4, 0.5) is 0 Å². The van der Waals surface area contributed by atoms with Crippen molar-refractivity contribution < 1.29 is 9.90 Å². The molecule has 2 rings (SSSR count).